The third-order valence-electron chi connectivity index (χ3n) is 2.26. The average Bonchev–Trinajstić information content (AvgIpc) is 2.64. The molecule has 84 valence electrons. The second-order valence-corrected chi connectivity index (χ2v) is 4.29. The quantitative estimate of drug-likeness (QED) is 0.795. The topological polar surface area (TPSA) is 54.0 Å². The number of amides is 1. The van der Waals surface area contributed by atoms with Crippen LogP contribution in [0.25, 0.3) is 0 Å². The highest BCUT2D eigenvalue weighted by Gasteiger charge is 2.10. The van der Waals surface area contributed by atoms with Crippen LogP contribution in [-0.4, -0.2) is 24.5 Å². The van der Waals surface area contributed by atoms with Gasteiger partial charge in [0.25, 0.3) is 0 Å². The number of thiazole rings is 1. The molecule has 2 N–H and O–H groups in total. The fourth-order valence-corrected chi connectivity index (χ4v) is 2.18. The zero-order valence-electron chi connectivity index (χ0n) is 9.33. The van der Waals surface area contributed by atoms with Gasteiger partial charge in [0.05, 0.1) is 11.2 Å². The van der Waals surface area contributed by atoms with Crippen molar-refractivity contribution in [3.63, 3.8) is 0 Å². The zero-order valence-corrected chi connectivity index (χ0v) is 10.1. The molecule has 0 aliphatic carbocycles. The maximum atomic E-state index is 11.0. The summed E-state index contributed by atoms with van der Waals surface area (Å²) >= 11 is 1.65. The minimum absolute atomic E-state index is 0.0655. The molecule has 1 aromatic rings. The van der Waals surface area contributed by atoms with Crippen molar-refractivity contribution in [3.05, 3.63) is 16.1 Å². The third kappa shape index (κ3) is 3.60. The SMILES string of the molecule is CNC(=O)CCNC(C)c1scnc1C. The van der Waals surface area contributed by atoms with E-state index in [1.54, 1.807) is 18.4 Å². The molecule has 0 saturated carbocycles. The number of aromatic nitrogens is 1. The molecular weight excluding hydrogens is 210 g/mol. The number of carbonyl (C=O) groups excluding carboxylic acids is 1. The largest absolute Gasteiger partial charge is 0.359 e. The minimum atomic E-state index is 0.0655. The van der Waals surface area contributed by atoms with Crippen LogP contribution in [0.3, 0.4) is 0 Å². The van der Waals surface area contributed by atoms with Crippen LogP contribution in [0.1, 0.15) is 30.0 Å². The predicted molar refractivity (Wildman–Crippen MR) is 62.0 cm³/mol. The molecule has 1 atom stereocenters. The van der Waals surface area contributed by atoms with Crippen molar-refractivity contribution in [3.8, 4) is 0 Å². The first-order chi connectivity index (χ1) is 7.15. The van der Waals surface area contributed by atoms with E-state index in [1.807, 2.05) is 12.4 Å². The van der Waals surface area contributed by atoms with E-state index in [0.717, 1.165) is 5.69 Å². The van der Waals surface area contributed by atoms with E-state index in [0.29, 0.717) is 13.0 Å². The molecule has 0 spiro atoms. The number of nitrogens with zero attached hydrogens (tertiary/aromatic N) is 1. The van der Waals surface area contributed by atoms with E-state index in [2.05, 4.69) is 22.5 Å². The summed E-state index contributed by atoms with van der Waals surface area (Å²) in [5.41, 5.74) is 2.92. The first-order valence-electron chi connectivity index (χ1n) is 4.99. The first kappa shape index (κ1) is 12.1. The van der Waals surface area contributed by atoms with E-state index >= 15 is 0 Å². The molecule has 0 aliphatic rings. The van der Waals surface area contributed by atoms with Gasteiger partial charge < -0.3 is 10.6 Å². The van der Waals surface area contributed by atoms with Crippen molar-refractivity contribution in [2.45, 2.75) is 26.3 Å². The minimum Gasteiger partial charge on any atom is -0.359 e. The molecule has 1 unspecified atom stereocenters. The number of nitrogens with one attached hydrogen (secondary N) is 2. The van der Waals surface area contributed by atoms with Crippen LogP contribution in [0, 0.1) is 6.92 Å². The second-order valence-electron chi connectivity index (χ2n) is 3.40. The highest BCUT2D eigenvalue weighted by atomic mass is 32.1. The van der Waals surface area contributed by atoms with Crippen LogP contribution < -0.4 is 10.6 Å². The van der Waals surface area contributed by atoms with E-state index < -0.39 is 0 Å². The average molecular weight is 227 g/mol. The van der Waals surface area contributed by atoms with E-state index in [-0.39, 0.29) is 11.9 Å². The monoisotopic (exact) mass is 227 g/mol. The van der Waals surface area contributed by atoms with Gasteiger partial charge >= 0.3 is 0 Å². The number of aryl methyl sites for hydroxylation is 1. The summed E-state index contributed by atoms with van der Waals surface area (Å²) in [4.78, 5) is 16.4. The van der Waals surface area contributed by atoms with Crippen LogP contribution in [0.5, 0.6) is 0 Å². The van der Waals surface area contributed by atoms with Gasteiger partial charge in [0, 0.05) is 30.9 Å². The Morgan fingerprint density at radius 2 is 2.40 bits per heavy atom. The molecule has 0 fully saturated rings. The molecule has 0 radical (unpaired) electrons. The lowest BCUT2D eigenvalue weighted by Crippen LogP contribution is -2.26. The van der Waals surface area contributed by atoms with Crippen LogP contribution in [0.2, 0.25) is 0 Å². The Kier molecular flexibility index (Phi) is 4.71. The Morgan fingerprint density at radius 3 is 2.93 bits per heavy atom. The van der Waals surface area contributed by atoms with Crippen molar-refractivity contribution in [1.29, 1.82) is 0 Å². The van der Waals surface area contributed by atoms with Gasteiger partial charge in [-0.05, 0) is 13.8 Å². The molecule has 1 aromatic heterocycles. The maximum Gasteiger partial charge on any atom is 0.221 e. The zero-order chi connectivity index (χ0) is 11.3. The summed E-state index contributed by atoms with van der Waals surface area (Å²) in [5.74, 6) is 0.0655. The molecule has 1 rings (SSSR count). The Hall–Kier alpha value is -0.940. The van der Waals surface area contributed by atoms with Gasteiger partial charge in [0.15, 0.2) is 0 Å². The van der Waals surface area contributed by atoms with E-state index in [1.165, 1.54) is 4.88 Å². The summed E-state index contributed by atoms with van der Waals surface area (Å²) in [7, 11) is 1.65. The molecule has 0 saturated heterocycles. The summed E-state index contributed by atoms with van der Waals surface area (Å²) < 4.78 is 0. The summed E-state index contributed by atoms with van der Waals surface area (Å²) in [6.07, 6.45) is 0.513. The number of rotatable bonds is 5. The fourth-order valence-electron chi connectivity index (χ4n) is 1.35. The maximum absolute atomic E-state index is 11.0. The highest BCUT2D eigenvalue weighted by molar-refractivity contribution is 7.09. The molecule has 4 nitrogen and oxygen atoms in total. The van der Waals surface area contributed by atoms with Gasteiger partial charge in [0.1, 0.15) is 0 Å². The Bertz CT molecular complexity index is 324. The van der Waals surface area contributed by atoms with Crippen molar-refractivity contribution in [2.75, 3.05) is 13.6 Å². The lowest BCUT2D eigenvalue weighted by Gasteiger charge is -2.12. The molecule has 0 aromatic carbocycles. The van der Waals surface area contributed by atoms with Gasteiger partial charge in [-0.1, -0.05) is 0 Å². The fraction of sp³-hybridized carbons (Fsp3) is 0.600. The van der Waals surface area contributed by atoms with E-state index in [9.17, 15) is 4.79 Å². The van der Waals surface area contributed by atoms with Crippen molar-refractivity contribution in [2.24, 2.45) is 0 Å². The van der Waals surface area contributed by atoms with Crippen LogP contribution in [0.4, 0.5) is 0 Å². The molecule has 0 aliphatic heterocycles. The lowest BCUT2D eigenvalue weighted by molar-refractivity contribution is -0.120. The number of hydrogen-bond donors (Lipinski definition) is 2. The molecule has 5 heteroatoms. The van der Waals surface area contributed by atoms with Gasteiger partial charge in [-0.15, -0.1) is 11.3 Å². The Labute approximate surface area is 94.1 Å². The van der Waals surface area contributed by atoms with Gasteiger partial charge in [-0.3, -0.25) is 4.79 Å². The number of carbonyl (C=O) groups is 1. The summed E-state index contributed by atoms with van der Waals surface area (Å²) in [6, 6.07) is 0.266. The normalized spacial score (nSPS) is 12.5. The molecule has 0 bridgehead atoms. The van der Waals surface area contributed by atoms with Gasteiger partial charge in [0.2, 0.25) is 5.91 Å². The molecule has 15 heavy (non-hydrogen) atoms. The Morgan fingerprint density at radius 1 is 1.67 bits per heavy atom. The predicted octanol–water partition coefficient (Wildman–Crippen LogP) is 1.24. The van der Waals surface area contributed by atoms with Crippen LogP contribution in [0.15, 0.2) is 5.51 Å². The molecular formula is C10H17N3OS. The first-order valence-corrected chi connectivity index (χ1v) is 5.87. The standard InChI is InChI=1S/C10H17N3OS/c1-7(10-8(2)13-6-15-10)12-5-4-9(14)11-3/h6-7,12H,4-5H2,1-3H3,(H,11,14). The third-order valence-corrected chi connectivity index (χ3v) is 3.37. The molecule has 1 amide bonds. The van der Waals surface area contributed by atoms with E-state index in [4.69, 9.17) is 0 Å². The summed E-state index contributed by atoms with van der Waals surface area (Å²) in [5, 5.41) is 5.90. The molecule has 1 heterocycles. The smallest absolute Gasteiger partial charge is 0.221 e. The number of hydrogen-bond acceptors (Lipinski definition) is 4. The van der Waals surface area contributed by atoms with Crippen molar-refractivity contribution < 1.29 is 4.79 Å². The van der Waals surface area contributed by atoms with Gasteiger partial charge in [-0.2, -0.15) is 0 Å². The van der Waals surface area contributed by atoms with Crippen molar-refractivity contribution in [1.82, 2.24) is 15.6 Å². The van der Waals surface area contributed by atoms with Crippen LogP contribution in [-0.2, 0) is 4.79 Å². The highest BCUT2D eigenvalue weighted by Crippen LogP contribution is 2.20. The van der Waals surface area contributed by atoms with Crippen LogP contribution >= 0.6 is 11.3 Å². The van der Waals surface area contributed by atoms with Crippen molar-refractivity contribution >= 4 is 17.2 Å². The Balaban J connectivity index is 2.34. The summed E-state index contributed by atoms with van der Waals surface area (Å²) in [6.45, 7) is 4.78. The van der Waals surface area contributed by atoms with Gasteiger partial charge in [-0.25, -0.2) is 4.98 Å². The lowest BCUT2D eigenvalue weighted by atomic mass is 10.2. The second kappa shape index (κ2) is 5.82.